The molecule has 0 atom stereocenters. The van der Waals surface area contributed by atoms with E-state index in [1.807, 2.05) is 0 Å². The highest BCUT2D eigenvalue weighted by Crippen LogP contribution is 2.20. The fourth-order valence-corrected chi connectivity index (χ4v) is 0.650. The zero-order valence-corrected chi connectivity index (χ0v) is 7.32. The van der Waals surface area contributed by atoms with Crippen LogP contribution in [-0.4, -0.2) is 19.3 Å². The highest BCUT2D eigenvalue weighted by molar-refractivity contribution is 5.70. The van der Waals surface area contributed by atoms with Crippen molar-refractivity contribution < 1.29 is 13.9 Å². The van der Waals surface area contributed by atoms with Crippen LogP contribution in [0, 0.1) is 5.41 Å². The summed E-state index contributed by atoms with van der Waals surface area (Å²) in [6.45, 7) is 5.00. The Hall–Kier alpha value is -0.600. The first-order valence-corrected chi connectivity index (χ1v) is 3.73. The molecule has 0 heterocycles. The Morgan fingerprint density at radius 1 is 1.55 bits per heavy atom. The van der Waals surface area contributed by atoms with Crippen molar-refractivity contribution in [1.29, 1.82) is 0 Å². The molecule has 3 heteroatoms. The van der Waals surface area contributed by atoms with Crippen molar-refractivity contribution >= 4 is 5.97 Å². The van der Waals surface area contributed by atoms with Crippen LogP contribution < -0.4 is 0 Å². The fraction of sp³-hybridized carbons (Fsp3) is 0.875. The maximum Gasteiger partial charge on any atom is 0.306 e. The van der Waals surface area contributed by atoms with Gasteiger partial charge in [-0.3, -0.25) is 9.18 Å². The normalized spacial score (nSPS) is 11.3. The number of carbonyl (C=O) groups is 1. The summed E-state index contributed by atoms with van der Waals surface area (Å²) >= 11 is 0. The molecule has 11 heavy (non-hydrogen) atoms. The molecule has 0 saturated carbocycles. The summed E-state index contributed by atoms with van der Waals surface area (Å²) in [5.41, 5.74) is -0.577. The predicted molar refractivity (Wildman–Crippen MR) is 41.0 cm³/mol. The fourth-order valence-electron chi connectivity index (χ4n) is 0.650. The molecule has 0 radical (unpaired) electrons. The van der Waals surface area contributed by atoms with Crippen LogP contribution in [0.5, 0.6) is 0 Å². The smallest absolute Gasteiger partial charge is 0.306 e. The molecule has 0 N–H and O–H groups in total. The van der Waals surface area contributed by atoms with Gasteiger partial charge in [0, 0.05) is 5.41 Å². The van der Waals surface area contributed by atoms with Gasteiger partial charge in [0.15, 0.2) is 0 Å². The van der Waals surface area contributed by atoms with E-state index in [2.05, 4.69) is 4.74 Å². The summed E-state index contributed by atoms with van der Waals surface area (Å²) < 4.78 is 16.8. The first-order valence-electron chi connectivity index (χ1n) is 3.73. The SMILES string of the molecule is CCOC(=O)CC(C)(C)CF. The van der Waals surface area contributed by atoms with Crippen LogP contribution in [0.1, 0.15) is 27.2 Å². The van der Waals surface area contributed by atoms with Gasteiger partial charge in [-0.2, -0.15) is 0 Å². The number of esters is 1. The molecule has 0 aromatic rings. The van der Waals surface area contributed by atoms with Crippen molar-refractivity contribution in [2.45, 2.75) is 27.2 Å². The Morgan fingerprint density at radius 3 is 2.45 bits per heavy atom. The maximum atomic E-state index is 12.2. The van der Waals surface area contributed by atoms with Crippen molar-refractivity contribution in [3.8, 4) is 0 Å². The van der Waals surface area contributed by atoms with Gasteiger partial charge in [0.05, 0.1) is 19.7 Å². The van der Waals surface area contributed by atoms with Gasteiger partial charge < -0.3 is 4.74 Å². The van der Waals surface area contributed by atoms with Crippen molar-refractivity contribution in [1.82, 2.24) is 0 Å². The molecule has 0 fully saturated rings. The van der Waals surface area contributed by atoms with Gasteiger partial charge in [-0.1, -0.05) is 13.8 Å². The van der Waals surface area contributed by atoms with Crippen LogP contribution in [0.4, 0.5) is 4.39 Å². The molecule has 0 aliphatic heterocycles. The second-order valence-electron chi connectivity index (χ2n) is 3.28. The maximum absolute atomic E-state index is 12.2. The minimum Gasteiger partial charge on any atom is -0.466 e. The van der Waals surface area contributed by atoms with Gasteiger partial charge >= 0.3 is 5.97 Å². The Bertz CT molecular complexity index is 132. The summed E-state index contributed by atoms with van der Waals surface area (Å²) in [7, 11) is 0. The Morgan fingerprint density at radius 2 is 2.09 bits per heavy atom. The van der Waals surface area contributed by atoms with Gasteiger partial charge in [-0.25, -0.2) is 0 Å². The monoisotopic (exact) mass is 162 g/mol. The van der Waals surface area contributed by atoms with Crippen molar-refractivity contribution in [2.24, 2.45) is 5.41 Å². The van der Waals surface area contributed by atoms with E-state index in [4.69, 9.17) is 0 Å². The van der Waals surface area contributed by atoms with E-state index >= 15 is 0 Å². The average molecular weight is 162 g/mol. The summed E-state index contributed by atoms with van der Waals surface area (Å²) in [5.74, 6) is -0.324. The van der Waals surface area contributed by atoms with E-state index in [0.717, 1.165) is 0 Å². The molecule has 0 aliphatic rings. The minimum atomic E-state index is -0.577. The number of carbonyl (C=O) groups excluding carboxylic acids is 1. The molecule has 0 aromatic carbocycles. The van der Waals surface area contributed by atoms with Gasteiger partial charge in [0.1, 0.15) is 0 Å². The summed E-state index contributed by atoms with van der Waals surface area (Å²) in [6, 6.07) is 0. The van der Waals surface area contributed by atoms with Crippen molar-refractivity contribution in [3.05, 3.63) is 0 Å². The number of hydrogen-bond acceptors (Lipinski definition) is 2. The Labute approximate surface area is 66.7 Å². The third-order valence-electron chi connectivity index (χ3n) is 1.29. The lowest BCUT2D eigenvalue weighted by Gasteiger charge is -2.18. The zero-order valence-electron chi connectivity index (χ0n) is 7.32. The van der Waals surface area contributed by atoms with Gasteiger partial charge in [-0.05, 0) is 6.92 Å². The summed E-state index contributed by atoms with van der Waals surface area (Å²) in [6.07, 6.45) is 0.150. The van der Waals surface area contributed by atoms with Crippen LogP contribution in [-0.2, 0) is 9.53 Å². The van der Waals surface area contributed by atoms with E-state index in [1.54, 1.807) is 20.8 Å². The van der Waals surface area contributed by atoms with Crippen LogP contribution in [0.25, 0.3) is 0 Å². The quantitative estimate of drug-likeness (QED) is 0.590. The lowest BCUT2D eigenvalue weighted by molar-refractivity contribution is -0.145. The molecule has 0 unspecified atom stereocenters. The second-order valence-corrected chi connectivity index (χ2v) is 3.28. The average Bonchev–Trinajstić information content (AvgIpc) is 1.87. The molecule has 2 nitrogen and oxygen atoms in total. The third kappa shape index (κ3) is 4.76. The van der Waals surface area contributed by atoms with E-state index in [9.17, 15) is 9.18 Å². The zero-order chi connectivity index (χ0) is 8.91. The van der Waals surface area contributed by atoms with E-state index in [1.165, 1.54) is 0 Å². The summed E-state index contributed by atoms with van der Waals surface area (Å²) in [5, 5.41) is 0. The number of halogens is 1. The van der Waals surface area contributed by atoms with E-state index in [0.29, 0.717) is 6.61 Å². The molecule has 0 aromatic heterocycles. The number of ether oxygens (including phenoxy) is 1. The van der Waals surface area contributed by atoms with Gasteiger partial charge in [0.25, 0.3) is 0 Å². The lowest BCUT2D eigenvalue weighted by atomic mass is 9.91. The molecule has 0 spiro atoms. The third-order valence-corrected chi connectivity index (χ3v) is 1.29. The number of rotatable bonds is 4. The van der Waals surface area contributed by atoms with Crippen LogP contribution in [0.15, 0.2) is 0 Å². The van der Waals surface area contributed by atoms with Gasteiger partial charge in [-0.15, -0.1) is 0 Å². The number of hydrogen-bond donors (Lipinski definition) is 0. The molecule has 0 rings (SSSR count). The molecule has 0 saturated heterocycles. The minimum absolute atomic E-state index is 0.150. The topological polar surface area (TPSA) is 26.3 Å². The predicted octanol–water partition coefficient (Wildman–Crippen LogP) is 1.94. The van der Waals surface area contributed by atoms with E-state index in [-0.39, 0.29) is 12.4 Å². The molecule has 0 bridgehead atoms. The Balaban J connectivity index is 3.74. The second kappa shape index (κ2) is 4.31. The largest absolute Gasteiger partial charge is 0.466 e. The molecule has 0 amide bonds. The van der Waals surface area contributed by atoms with Crippen LogP contribution in [0.2, 0.25) is 0 Å². The highest BCUT2D eigenvalue weighted by atomic mass is 19.1. The number of alkyl halides is 1. The molecule has 0 aliphatic carbocycles. The highest BCUT2D eigenvalue weighted by Gasteiger charge is 2.22. The first-order chi connectivity index (χ1) is 5.02. The van der Waals surface area contributed by atoms with Gasteiger partial charge in [0.2, 0.25) is 0 Å². The van der Waals surface area contributed by atoms with Crippen molar-refractivity contribution in [3.63, 3.8) is 0 Å². The molecular weight excluding hydrogens is 147 g/mol. The molecular formula is C8H15FO2. The van der Waals surface area contributed by atoms with Crippen LogP contribution >= 0.6 is 0 Å². The summed E-state index contributed by atoms with van der Waals surface area (Å²) in [4.78, 5) is 10.8. The van der Waals surface area contributed by atoms with Crippen LogP contribution in [0.3, 0.4) is 0 Å². The lowest BCUT2D eigenvalue weighted by Crippen LogP contribution is -2.20. The van der Waals surface area contributed by atoms with Crippen molar-refractivity contribution in [2.75, 3.05) is 13.3 Å². The standard InChI is InChI=1S/C8H15FO2/c1-4-11-7(10)5-8(2,3)6-9/h4-6H2,1-3H3. The first kappa shape index (κ1) is 10.4. The Kier molecular flexibility index (Phi) is 4.08. The molecule has 66 valence electrons. The van der Waals surface area contributed by atoms with E-state index < -0.39 is 12.1 Å².